The summed E-state index contributed by atoms with van der Waals surface area (Å²) in [7, 11) is 0. The fourth-order valence-electron chi connectivity index (χ4n) is 5.28. The van der Waals surface area contributed by atoms with Gasteiger partial charge in [0.2, 0.25) is 11.5 Å². The van der Waals surface area contributed by atoms with Crippen molar-refractivity contribution in [3.8, 4) is 0 Å². The van der Waals surface area contributed by atoms with Gasteiger partial charge in [-0.25, -0.2) is 4.79 Å². The van der Waals surface area contributed by atoms with Crippen LogP contribution in [0.4, 0.5) is 0 Å². The highest BCUT2D eigenvalue weighted by Crippen LogP contribution is 2.37. The molecule has 3 aliphatic rings. The van der Waals surface area contributed by atoms with E-state index in [2.05, 4.69) is 9.88 Å². The van der Waals surface area contributed by atoms with Crippen LogP contribution in [0.25, 0.3) is 0 Å². The molecule has 1 aliphatic heterocycles. The number of carbonyl (C=O) groups is 3. The minimum Gasteiger partial charge on any atom is -0.458 e. The Morgan fingerprint density at radius 3 is 2.90 bits per heavy atom. The Balaban J connectivity index is 1.09. The Kier molecular flexibility index (Phi) is 9.46. The zero-order chi connectivity index (χ0) is 27.2. The Labute approximate surface area is 231 Å². The van der Waals surface area contributed by atoms with Gasteiger partial charge in [-0.2, -0.15) is 0 Å². The minimum atomic E-state index is -0.552. The molecule has 0 bridgehead atoms. The first-order valence-electron chi connectivity index (χ1n) is 13.5. The van der Waals surface area contributed by atoms with E-state index in [1.807, 2.05) is 6.07 Å². The third kappa shape index (κ3) is 6.96. The second-order valence-electron chi connectivity index (χ2n) is 10.1. The van der Waals surface area contributed by atoms with Crippen LogP contribution in [-0.2, 0) is 36.8 Å². The third-order valence-corrected chi connectivity index (χ3v) is 8.72. The molecule has 2 fully saturated rings. The maximum atomic E-state index is 12.6. The number of aliphatic hydroxyl groups is 1. The number of aliphatic hydroxyl groups excluding tert-OH is 1. The number of thioether (sulfide) groups is 1. The van der Waals surface area contributed by atoms with E-state index in [1.165, 1.54) is 11.8 Å². The molecule has 2 aromatic heterocycles. The predicted molar refractivity (Wildman–Crippen MR) is 140 cm³/mol. The Bertz CT molecular complexity index is 1180. The molecule has 2 aliphatic carbocycles. The van der Waals surface area contributed by atoms with Crippen molar-refractivity contribution in [2.45, 2.75) is 43.3 Å². The molecule has 2 aromatic rings. The number of nitrogens with zero attached hydrogens (tertiary/aromatic N) is 2. The number of hydrogen-bond donors (Lipinski definition) is 1. The molecule has 5 rings (SSSR count). The first-order chi connectivity index (χ1) is 19.0. The van der Waals surface area contributed by atoms with Gasteiger partial charge in [0.05, 0.1) is 31.6 Å². The third-order valence-electron chi connectivity index (χ3n) is 7.50. The van der Waals surface area contributed by atoms with Crippen molar-refractivity contribution in [3.63, 3.8) is 0 Å². The zero-order valence-corrected chi connectivity index (χ0v) is 22.7. The molecular weight excluding hydrogens is 524 g/mol. The number of pyridine rings is 1. The lowest BCUT2D eigenvalue weighted by molar-refractivity contribution is -0.135. The summed E-state index contributed by atoms with van der Waals surface area (Å²) in [5.74, 6) is -0.841. The van der Waals surface area contributed by atoms with Crippen molar-refractivity contribution in [2.75, 3.05) is 51.8 Å². The SMILES string of the molecule is O=C1C[C@H](COCc2ccc(C(=O)OCCN3CCOCC3)o2)[C@@H](CSc2ccnc3c2CCCC3O)C1=O. The number of hydrogen-bond acceptors (Lipinski definition) is 11. The summed E-state index contributed by atoms with van der Waals surface area (Å²) < 4.78 is 22.0. The number of rotatable bonds is 11. The first kappa shape index (κ1) is 28.0. The molecule has 1 N–H and O–H groups in total. The van der Waals surface area contributed by atoms with Gasteiger partial charge in [0.25, 0.3) is 0 Å². The van der Waals surface area contributed by atoms with Crippen LogP contribution < -0.4 is 0 Å². The number of furan rings is 1. The summed E-state index contributed by atoms with van der Waals surface area (Å²) >= 11 is 1.54. The average molecular weight is 559 g/mol. The quantitative estimate of drug-likeness (QED) is 0.248. The van der Waals surface area contributed by atoms with Crippen molar-refractivity contribution in [3.05, 3.63) is 47.2 Å². The fraction of sp³-hybridized carbons (Fsp3) is 0.571. The van der Waals surface area contributed by atoms with Gasteiger partial charge in [-0.05, 0) is 43.0 Å². The number of esters is 1. The summed E-state index contributed by atoms with van der Waals surface area (Å²) in [6.07, 6.45) is 3.75. The van der Waals surface area contributed by atoms with E-state index in [9.17, 15) is 19.5 Å². The smallest absolute Gasteiger partial charge is 0.374 e. The number of ether oxygens (including phenoxy) is 3. The molecule has 39 heavy (non-hydrogen) atoms. The van der Waals surface area contributed by atoms with Crippen LogP contribution in [0.15, 0.2) is 33.7 Å². The number of aromatic nitrogens is 1. The summed E-state index contributed by atoms with van der Waals surface area (Å²) in [5.41, 5.74) is 1.76. The van der Waals surface area contributed by atoms with Crippen molar-refractivity contribution >= 4 is 29.3 Å². The fourth-order valence-corrected chi connectivity index (χ4v) is 6.60. The van der Waals surface area contributed by atoms with E-state index in [1.54, 1.807) is 18.3 Å². The van der Waals surface area contributed by atoms with E-state index in [4.69, 9.17) is 18.6 Å². The number of Topliss-reactive ketones (excluding diaryl/α,β-unsaturated/α-hetero) is 2. The summed E-state index contributed by atoms with van der Waals surface area (Å²) in [4.78, 5) is 44.7. The molecule has 1 saturated heterocycles. The summed E-state index contributed by atoms with van der Waals surface area (Å²) in [6, 6.07) is 5.14. The van der Waals surface area contributed by atoms with Crippen LogP contribution in [0.2, 0.25) is 0 Å². The van der Waals surface area contributed by atoms with E-state index < -0.39 is 18.0 Å². The topological polar surface area (TPSA) is 128 Å². The van der Waals surface area contributed by atoms with E-state index in [0.29, 0.717) is 37.7 Å². The molecular formula is C28H34N2O8S. The number of fused-ring (bicyclic) bond motifs is 1. The molecule has 0 aromatic carbocycles. The highest BCUT2D eigenvalue weighted by molar-refractivity contribution is 7.99. The first-order valence-corrected chi connectivity index (χ1v) is 14.5. The van der Waals surface area contributed by atoms with Crippen molar-refractivity contribution in [2.24, 2.45) is 11.8 Å². The molecule has 3 atom stereocenters. The van der Waals surface area contributed by atoms with Crippen molar-refractivity contribution in [1.29, 1.82) is 0 Å². The average Bonchev–Trinajstić information content (AvgIpc) is 3.53. The molecule has 1 saturated carbocycles. The monoisotopic (exact) mass is 558 g/mol. The van der Waals surface area contributed by atoms with Crippen LogP contribution in [0.1, 0.15) is 52.9 Å². The molecule has 3 heterocycles. The summed E-state index contributed by atoms with van der Waals surface area (Å²) in [6.45, 7) is 4.31. The molecule has 0 amide bonds. The zero-order valence-electron chi connectivity index (χ0n) is 21.8. The van der Waals surface area contributed by atoms with Crippen LogP contribution in [0.5, 0.6) is 0 Å². The van der Waals surface area contributed by atoms with Crippen LogP contribution in [0, 0.1) is 11.8 Å². The van der Waals surface area contributed by atoms with E-state index in [-0.39, 0.29) is 49.5 Å². The van der Waals surface area contributed by atoms with Gasteiger partial charge in [0.1, 0.15) is 19.0 Å². The number of carbonyl (C=O) groups excluding carboxylic acids is 3. The van der Waals surface area contributed by atoms with Gasteiger partial charge in [-0.3, -0.25) is 19.5 Å². The van der Waals surface area contributed by atoms with E-state index in [0.717, 1.165) is 42.1 Å². The van der Waals surface area contributed by atoms with Gasteiger partial charge in [0, 0.05) is 54.7 Å². The maximum absolute atomic E-state index is 12.6. The second-order valence-corrected chi connectivity index (χ2v) is 11.2. The molecule has 11 heteroatoms. The summed E-state index contributed by atoms with van der Waals surface area (Å²) in [5, 5.41) is 10.3. The van der Waals surface area contributed by atoms with E-state index >= 15 is 0 Å². The largest absolute Gasteiger partial charge is 0.458 e. The lowest BCUT2D eigenvalue weighted by Gasteiger charge is -2.25. The Morgan fingerprint density at radius 1 is 1.21 bits per heavy atom. The lowest BCUT2D eigenvalue weighted by Crippen LogP contribution is -2.38. The van der Waals surface area contributed by atoms with Gasteiger partial charge in [0.15, 0.2) is 5.78 Å². The number of ketones is 2. The highest BCUT2D eigenvalue weighted by Gasteiger charge is 2.41. The van der Waals surface area contributed by atoms with Gasteiger partial charge in [-0.15, -0.1) is 11.8 Å². The Hall–Kier alpha value is -2.57. The standard InChI is InChI=1S/C28H34N2O8S/c31-22-3-1-2-20-25(6-7-29-26(20)22)39-17-21-18(14-23(32)27(21)33)15-36-16-19-4-5-24(38-19)28(34)37-13-10-30-8-11-35-12-9-30/h4-7,18,21-22,31H,1-3,8-17H2/t18-,21-,22?/m1/s1. The van der Waals surface area contributed by atoms with Gasteiger partial charge < -0.3 is 23.7 Å². The molecule has 1 unspecified atom stereocenters. The second kappa shape index (κ2) is 13.2. The molecule has 210 valence electrons. The predicted octanol–water partition coefficient (Wildman–Crippen LogP) is 2.62. The lowest BCUT2D eigenvalue weighted by atomic mass is 9.94. The van der Waals surface area contributed by atoms with Gasteiger partial charge in [-0.1, -0.05) is 0 Å². The molecule has 10 nitrogen and oxygen atoms in total. The van der Waals surface area contributed by atoms with Gasteiger partial charge >= 0.3 is 5.97 Å². The minimum absolute atomic E-state index is 0.113. The van der Waals surface area contributed by atoms with Crippen molar-refractivity contribution < 1.29 is 38.1 Å². The molecule has 0 radical (unpaired) electrons. The Morgan fingerprint density at radius 2 is 2.05 bits per heavy atom. The van der Waals surface area contributed by atoms with Crippen molar-refractivity contribution in [1.82, 2.24) is 9.88 Å². The van der Waals surface area contributed by atoms with Crippen LogP contribution in [0.3, 0.4) is 0 Å². The normalized spacial score (nSPS) is 23.7. The maximum Gasteiger partial charge on any atom is 0.374 e. The van der Waals surface area contributed by atoms with Crippen LogP contribution in [-0.4, -0.2) is 84.3 Å². The van der Waals surface area contributed by atoms with Crippen LogP contribution >= 0.6 is 11.8 Å². The number of morpholine rings is 1. The molecule has 0 spiro atoms. The highest BCUT2D eigenvalue weighted by atomic mass is 32.2.